The van der Waals surface area contributed by atoms with E-state index in [4.69, 9.17) is 17.0 Å². The zero-order chi connectivity index (χ0) is 15.2. The normalized spacial score (nSPS) is 21.6. The molecule has 0 amide bonds. The highest BCUT2D eigenvalue weighted by Crippen LogP contribution is 2.33. The summed E-state index contributed by atoms with van der Waals surface area (Å²) in [5.41, 5.74) is 0. The topological polar surface area (TPSA) is 26.3 Å². The molecule has 0 aromatic carbocycles. The number of hydrogen-bond donors (Lipinski definition) is 0. The van der Waals surface area contributed by atoms with Crippen molar-refractivity contribution >= 4 is 42.2 Å². The van der Waals surface area contributed by atoms with Crippen LogP contribution in [0, 0.1) is 5.92 Å². The van der Waals surface area contributed by atoms with E-state index in [1.807, 2.05) is 6.92 Å². The smallest absolute Gasteiger partial charge is 0.220 e. The van der Waals surface area contributed by atoms with Crippen molar-refractivity contribution in [3.8, 4) is 0 Å². The van der Waals surface area contributed by atoms with Crippen molar-refractivity contribution in [1.29, 1.82) is 0 Å². The molecule has 0 aromatic heterocycles. The summed E-state index contributed by atoms with van der Waals surface area (Å²) in [5.74, 6) is 0.738. The van der Waals surface area contributed by atoms with E-state index in [-0.39, 0.29) is 5.92 Å². The Bertz CT molecular complexity index is 339. The number of Topliss-reactive ketones (excluding diaryl/α,β-unsaturated/α-hetero) is 1. The molecule has 1 rings (SSSR count). The minimum atomic E-state index is -1.16. The van der Waals surface area contributed by atoms with Crippen LogP contribution in [0.15, 0.2) is 0 Å². The summed E-state index contributed by atoms with van der Waals surface area (Å²) < 4.78 is 6.08. The molecule has 1 aliphatic rings. The van der Waals surface area contributed by atoms with Crippen molar-refractivity contribution in [2.24, 2.45) is 5.92 Å². The Morgan fingerprint density at radius 3 is 2.70 bits per heavy atom. The maximum Gasteiger partial charge on any atom is 0.220 e. The Balaban J connectivity index is 2.61. The molecular weight excluding hydrogens is 304 g/mol. The van der Waals surface area contributed by atoms with Gasteiger partial charge in [0.15, 0.2) is 0 Å². The van der Waals surface area contributed by atoms with Crippen LogP contribution < -0.4 is 0 Å². The molecule has 2 atom stereocenters. The van der Waals surface area contributed by atoms with Crippen LogP contribution in [0.1, 0.15) is 39.0 Å². The number of carbonyl (C=O) groups excluding carboxylic acids is 1. The lowest BCUT2D eigenvalue weighted by molar-refractivity contribution is -0.124. The second kappa shape index (κ2) is 8.54. The monoisotopic (exact) mass is 332 g/mol. The van der Waals surface area contributed by atoms with Crippen LogP contribution in [0.3, 0.4) is 0 Å². The minimum Gasteiger partial charge on any atom is -0.479 e. The minimum absolute atomic E-state index is 0.266. The Hall–Kier alpha value is 0.127. The number of carbonyl (C=O) groups is 1. The maximum absolute atomic E-state index is 12.0. The van der Waals surface area contributed by atoms with E-state index in [0.29, 0.717) is 22.0 Å². The maximum atomic E-state index is 12.0. The van der Waals surface area contributed by atoms with E-state index in [9.17, 15) is 4.79 Å². The zero-order valence-electron chi connectivity index (χ0n) is 13.2. The van der Waals surface area contributed by atoms with Crippen LogP contribution >= 0.6 is 24.0 Å². The largest absolute Gasteiger partial charge is 0.479 e. The van der Waals surface area contributed by atoms with Gasteiger partial charge < -0.3 is 4.74 Å². The number of ketones is 1. The second-order valence-electron chi connectivity index (χ2n) is 6.83. The lowest BCUT2D eigenvalue weighted by Crippen LogP contribution is -2.30. The SMILES string of the molecule is CCOC(=S)SC(CC1CCCCC1=O)C[Si](C)(C)C. The van der Waals surface area contributed by atoms with Gasteiger partial charge in [-0.05, 0) is 44.4 Å². The van der Waals surface area contributed by atoms with Gasteiger partial charge in [0.1, 0.15) is 5.78 Å². The van der Waals surface area contributed by atoms with Crippen LogP contribution in [0.2, 0.25) is 25.7 Å². The average Bonchev–Trinajstić information content (AvgIpc) is 2.30. The van der Waals surface area contributed by atoms with Crippen LogP contribution in [-0.2, 0) is 9.53 Å². The molecule has 0 aliphatic heterocycles. The molecule has 0 aromatic rings. The van der Waals surface area contributed by atoms with Gasteiger partial charge in [0.05, 0.1) is 6.61 Å². The third-order valence-electron chi connectivity index (χ3n) is 3.59. The van der Waals surface area contributed by atoms with Gasteiger partial charge in [-0.1, -0.05) is 37.8 Å². The summed E-state index contributed by atoms with van der Waals surface area (Å²) in [6.45, 7) is 9.74. The molecule has 1 fully saturated rings. The summed E-state index contributed by atoms with van der Waals surface area (Å²) in [5, 5.41) is 0.452. The Morgan fingerprint density at radius 2 is 2.15 bits per heavy atom. The standard InChI is InChI=1S/C15H28O2S2Si/c1-5-17-15(18)19-13(11-20(2,3)4)10-12-8-6-7-9-14(12)16/h12-13H,5-11H2,1-4H3. The molecule has 116 valence electrons. The number of hydrogen-bond acceptors (Lipinski definition) is 4. The van der Waals surface area contributed by atoms with Gasteiger partial charge in [-0.25, -0.2) is 0 Å². The highest BCUT2D eigenvalue weighted by molar-refractivity contribution is 8.23. The van der Waals surface area contributed by atoms with Crippen molar-refractivity contribution in [2.45, 2.75) is 70.0 Å². The molecule has 5 heteroatoms. The average molecular weight is 333 g/mol. The van der Waals surface area contributed by atoms with Crippen molar-refractivity contribution in [1.82, 2.24) is 0 Å². The molecule has 20 heavy (non-hydrogen) atoms. The van der Waals surface area contributed by atoms with Crippen LogP contribution in [-0.4, -0.2) is 30.1 Å². The van der Waals surface area contributed by atoms with Crippen molar-refractivity contribution in [2.75, 3.05) is 6.61 Å². The van der Waals surface area contributed by atoms with E-state index in [1.54, 1.807) is 11.8 Å². The molecule has 0 spiro atoms. The first-order valence-corrected chi connectivity index (χ1v) is 12.7. The molecule has 0 saturated heterocycles. The second-order valence-corrected chi connectivity index (χ2v) is 14.3. The Kier molecular flexibility index (Phi) is 7.76. The van der Waals surface area contributed by atoms with E-state index >= 15 is 0 Å². The van der Waals surface area contributed by atoms with Gasteiger partial charge in [0.2, 0.25) is 4.38 Å². The summed E-state index contributed by atoms with van der Waals surface area (Å²) in [6, 6.07) is 1.20. The van der Waals surface area contributed by atoms with Gasteiger partial charge in [-0.15, -0.1) is 0 Å². The molecule has 2 nitrogen and oxygen atoms in total. The number of thioether (sulfide) groups is 1. The third-order valence-corrected chi connectivity index (χ3v) is 7.02. The summed E-state index contributed by atoms with van der Waals surface area (Å²) in [4.78, 5) is 12.0. The van der Waals surface area contributed by atoms with E-state index in [0.717, 1.165) is 25.7 Å². The fourth-order valence-electron chi connectivity index (χ4n) is 2.77. The molecule has 2 unspecified atom stereocenters. The Morgan fingerprint density at radius 1 is 1.45 bits per heavy atom. The first-order chi connectivity index (χ1) is 9.31. The highest BCUT2D eigenvalue weighted by atomic mass is 32.2. The number of ether oxygens (including phenoxy) is 1. The van der Waals surface area contributed by atoms with Gasteiger partial charge >= 0.3 is 0 Å². The molecule has 1 aliphatic carbocycles. The van der Waals surface area contributed by atoms with Crippen molar-refractivity contribution < 1.29 is 9.53 Å². The van der Waals surface area contributed by atoms with Crippen LogP contribution in [0.4, 0.5) is 0 Å². The molecule has 1 saturated carbocycles. The quantitative estimate of drug-likeness (QED) is 0.510. The lowest BCUT2D eigenvalue weighted by Gasteiger charge is -2.28. The van der Waals surface area contributed by atoms with Gasteiger partial charge in [0.25, 0.3) is 0 Å². The molecule has 0 radical (unpaired) electrons. The highest BCUT2D eigenvalue weighted by Gasteiger charge is 2.29. The van der Waals surface area contributed by atoms with Crippen LogP contribution in [0.5, 0.6) is 0 Å². The molecule has 0 heterocycles. The lowest BCUT2D eigenvalue weighted by atomic mass is 9.85. The predicted octanol–water partition coefficient (Wildman–Crippen LogP) is 4.90. The Labute approximate surface area is 134 Å². The predicted molar refractivity (Wildman–Crippen MR) is 95.3 cm³/mol. The van der Waals surface area contributed by atoms with Crippen LogP contribution in [0.25, 0.3) is 0 Å². The summed E-state index contributed by atoms with van der Waals surface area (Å²) in [6.07, 6.45) is 5.13. The van der Waals surface area contributed by atoms with E-state index < -0.39 is 8.07 Å². The fraction of sp³-hybridized carbons (Fsp3) is 0.867. The fourth-order valence-corrected chi connectivity index (χ4v) is 7.44. The summed E-state index contributed by atoms with van der Waals surface area (Å²) in [7, 11) is -1.16. The van der Waals surface area contributed by atoms with Gasteiger partial charge in [-0.3, -0.25) is 4.79 Å². The first kappa shape index (κ1) is 18.2. The molecule has 0 N–H and O–H groups in total. The molecule has 0 bridgehead atoms. The van der Waals surface area contributed by atoms with Gasteiger partial charge in [0, 0.05) is 25.7 Å². The zero-order valence-corrected chi connectivity index (χ0v) is 15.9. The number of thiocarbonyl (C=S) groups is 1. The van der Waals surface area contributed by atoms with E-state index in [1.165, 1.54) is 12.5 Å². The van der Waals surface area contributed by atoms with Crippen molar-refractivity contribution in [3.05, 3.63) is 0 Å². The first-order valence-electron chi connectivity index (χ1n) is 7.68. The van der Waals surface area contributed by atoms with Gasteiger partial charge in [-0.2, -0.15) is 0 Å². The van der Waals surface area contributed by atoms with Crippen molar-refractivity contribution in [3.63, 3.8) is 0 Å². The van der Waals surface area contributed by atoms with E-state index in [2.05, 4.69) is 19.6 Å². The molecular formula is C15H28O2S2Si. The number of rotatable bonds is 6. The third kappa shape index (κ3) is 7.23. The summed E-state index contributed by atoms with van der Waals surface area (Å²) >= 11 is 6.97.